The number of hydrogen-bond acceptors (Lipinski definition) is 5. The van der Waals surface area contributed by atoms with Gasteiger partial charge in [0, 0.05) is 72.8 Å². The lowest BCUT2D eigenvalue weighted by atomic mass is 9.60. The summed E-state index contributed by atoms with van der Waals surface area (Å²) in [6, 6.07) is 2.00. The molecule has 7 rings (SSSR count). The number of nitrogens with zero attached hydrogens (tertiary/aromatic N) is 6. The number of aromatic amines is 1. The summed E-state index contributed by atoms with van der Waals surface area (Å²) in [5, 5.41) is 14.1. The van der Waals surface area contributed by atoms with Crippen LogP contribution in [0.2, 0.25) is 5.02 Å². The number of piperazine rings is 1. The Labute approximate surface area is 230 Å². The highest BCUT2D eigenvalue weighted by Gasteiger charge is 2.55. The number of nitrogens with one attached hydrogen (secondary N) is 1. The first-order valence-electron chi connectivity index (χ1n) is 13.6. The van der Waals surface area contributed by atoms with Crippen molar-refractivity contribution in [2.24, 2.45) is 5.41 Å². The summed E-state index contributed by atoms with van der Waals surface area (Å²) in [5.41, 5.74) is 4.82. The number of amides is 1. The zero-order chi connectivity index (χ0) is 27.3. The van der Waals surface area contributed by atoms with E-state index in [-0.39, 0.29) is 36.4 Å². The lowest BCUT2D eigenvalue weighted by Gasteiger charge is -2.58. The molecule has 4 aliphatic rings. The van der Waals surface area contributed by atoms with E-state index in [1.165, 1.54) is 6.08 Å². The number of aromatic nitrogens is 4. The molecule has 0 radical (unpaired) electrons. The summed E-state index contributed by atoms with van der Waals surface area (Å²) >= 11 is 7.00. The Morgan fingerprint density at radius 3 is 2.67 bits per heavy atom. The van der Waals surface area contributed by atoms with Crippen LogP contribution in [0.5, 0.6) is 0 Å². The van der Waals surface area contributed by atoms with Gasteiger partial charge in [-0.1, -0.05) is 18.2 Å². The van der Waals surface area contributed by atoms with E-state index in [9.17, 15) is 13.6 Å². The molecule has 0 bridgehead atoms. The molecule has 8 nitrogen and oxygen atoms in total. The second-order valence-electron chi connectivity index (χ2n) is 12.0. The SMILES string of the molecule is C=CC(=O)N1CC2(CC(n3nc(N4CCN5CC(F)(F)C[C@H]5C4)c(-c4c(Cl)c(C)cc5[nH]ncc45)c3C)C2)C1. The number of aryl methyl sites for hydroxylation is 1. The summed E-state index contributed by atoms with van der Waals surface area (Å²) in [6.07, 6.45) is 4.94. The molecule has 4 fully saturated rings. The van der Waals surface area contributed by atoms with Crippen molar-refractivity contribution in [2.45, 2.75) is 51.1 Å². The smallest absolute Gasteiger partial charge is 0.262 e. The van der Waals surface area contributed by atoms with Crippen LogP contribution >= 0.6 is 11.6 Å². The van der Waals surface area contributed by atoms with E-state index in [2.05, 4.69) is 33.3 Å². The average Bonchev–Trinajstić information content (AvgIpc) is 3.52. The van der Waals surface area contributed by atoms with E-state index < -0.39 is 5.92 Å². The maximum absolute atomic E-state index is 14.3. The molecule has 11 heteroatoms. The predicted octanol–water partition coefficient (Wildman–Crippen LogP) is 4.58. The molecule has 206 valence electrons. The lowest BCUT2D eigenvalue weighted by Crippen LogP contribution is -2.63. The first-order chi connectivity index (χ1) is 18.6. The fourth-order valence-electron chi connectivity index (χ4n) is 7.43. The van der Waals surface area contributed by atoms with Gasteiger partial charge in [-0.3, -0.25) is 19.5 Å². The molecule has 3 saturated heterocycles. The molecule has 1 saturated carbocycles. The van der Waals surface area contributed by atoms with Gasteiger partial charge in [-0.2, -0.15) is 10.2 Å². The third-order valence-corrected chi connectivity index (χ3v) is 9.83. The van der Waals surface area contributed by atoms with Crippen LogP contribution in [-0.2, 0) is 4.79 Å². The van der Waals surface area contributed by atoms with E-state index >= 15 is 0 Å². The fraction of sp³-hybridized carbons (Fsp3) is 0.536. The Hall–Kier alpha value is -2.98. The van der Waals surface area contributed by atoms with Gasteiger partial charge >= 0.3 is 0 Å². The predicted molar refractivity (Wildman–Crippen MR) is 146 cm³/mol. The summed E-state index contributed by atoms with van der Waals surface area (Å²) in [5.74, 6) is -1.86. The van der Waals surface area contributed by atoms with E-state index in [1.54, 1.807) is 6.20 Å². The minimum atomic E-state index is -2.65. The molecule has 1 spiro atoms. The Bertz CT molecular complexity index is 1500. The van der Waals surface area contributed by atoms with Crippen LogP contribution in [0.4, 0.5) is 14.6 Å². The summed E-state index contributed by atoms with van der Waals surface area (Å²) in [4.78, 5) is 17.9. The van der Waals surface area contributed by atoms with Crippen molar-refractivity contribution < 1.29 is 13.6 Å². The molecule has 3 aliphatic heterocycles. The number of H-pyrrole nitrogens is 1. The first-order valence-corrected chi connectivity index (χ1v) is 14.0. The number of fused-ring (bicyclic) bond motifs is 2. The highest BCUT2D eigenvalue weighted by atomic mass is 35.5. The third kappa shape index (κ3) is 3.82. The molecule has 3 aromatic rings. The summed E-state index contributed by atoms with van der Waals surface area (Å²) in [7, 11) is 0. The largest absolute Gasteiger partial charge is 0.352 e. The number of carbonyl (C=O) groups is 1. The van der Waals surface area contributed by atoms with Crippen LogP contribution < -0.4 is 4.90 Å². The van der Waals surface area contributed by atoms with Gasteiger partial charge in [-0.15, -0.1) is 0 Å². The van der Waals surface area contributed by atoms with Gasteiger partial charge in [0.15, 0.2) is 5.82 Å². The molecule has 1 aliphatic carbocycles. The summed E-state index contributed by atoms with van der Waals surface area (Å²) in [6.45, 7) is 10.7. The Morgan fingerprint density at radius 2 is 1.92 bits per heavy atom. The fourth-order valence-corrected chi connectivity index (χ4v) is 7.68. The summed E-state index contributed by atoms with van der Waals surface area (Å²) < 4.78 is 30.6. The Balaban J connectivity index is 1.27. The van der Waals surface area contributed by atoms with Crippen molar-refractivity contribution in [1.82, 2.24) is 29.8 Å². The minimum Gasteiger partial charge on any atom is -0.352 e. The van der Waals surface area contributed by atoms with Crippen LogP contribution in [0.25, 0.3) is 22.0 Å². The lowest BCUT2D eigenvalue weighted by molar-refractivity contribution is -0.149. The normalized spacial score (nSPS) is 24.2. The molecular weight excluding hydrogens is 524 g/mol. The van der Waals surface area contributed by atoms with Crippen LogP contribution in [0, 0.1) is 19.3 Å². The number of likely N-dealkylation sites (tertiary alicyclic amines) is 1. The Morgan fingerprint density at radius 1 is 1.15 bits per heavy atom. The Kier molecular flexibility index (Phi) is 5.46. The molecule has 1 aromatic carbocycles. The van der Waals surface area contributed by atoms with E-state index in [1.807, 2.05) is 22.8 Å². The number of carbonyl (C=O) groups excluding carboxylic acids is 1. The van der Waals surface area contributed by atoms with Gasteiger partial charge in [0.1, 0.15) is 0 Å². The van der Waals surface area contributed by atoms with Gasteiger partial charge in [-0.25, -0.2) is 8.78 Å². The molecule has 39 heavy (non-hydrogen) atoms. The zero-order valence-electron chi connectivity index (χ0n) is 22.2. The van der Waals surface area contributed by atoms with Gasteiger partial charge in [0.05, 0.1) is 29.3 Å². The molecule has 1 N–H and O–H groups in total. The van der Waals surface area contributed by atoms with Gasteiger partial charge in [0.25, 0.3) is 5.92 Å². The second-order valence-corrected chi connectivity index (χ2v) is 12.4. The van der Waals surface area contributed by atoms with Gasteiger partial charge < -0.3 is 9.80 Å². The number of rotatable bonds is 4. The van der Waals surface area contributed by atoms with Crippen molar-refractivity contribution in [2.75, 3.05) is 44.2 Å². The third-order valence-electron chi connectivity index (χ3n) is 9.34. The quantitative estimate of drug-likeness (QED) is 0.477. The topological polar surface area (TPSA) is 73.3 Å². The van der Waals surface area contributed by atoms with Gasteiger partial charge in [0.2, 0.25) is 5.91 Å². The number of hydrogen-bond donors (Lipinski definition) is 1. The maximum atomic E-state index is 14.3. The first kappa shape index (κ1) is 25.0. The number of halogens is 3. The van der Waals surface area contributed by atoms with Crippen molar-refractivity contribution in [3.63, 3.8) is 0 Å². The second kappa shape index (κ2) is 8.51. The zero-order valence-corrected chi connectivity index (χ0v) is 22.9. The average molecular weight is 556 g/mol. The number of benzene rings is 1. The van der Waals surface area contributed by atoms with Crippen LogP contribution in [0.1, 0.15) is 36.6 Å². The van der Waals surface area contributed by atoms with Crippen LogP contribution in [-0.4, -0.2) is 86.9 Å². The van der Waals surface area contributed by atoms with E-state index in [4.69, 9.17) is 16.7 Å². The molecule has 1 amide bonds. The van der Waals surface area contributed by atoms with E-state index in [0.717, 1.165) is 65.0 Å². The molecule has 5 heterocycles. The highest BCUT2D eigenvalue weighted by Crippen LogP contribution is 2.55. The standard InChI is InChI=1S/C28H32ClF2N7O/c1-4-22(39)37-13-27(14-37)8-18(9-27)38-17(3)23(24-20-11-32-33-21(20)7-16(2)25(24)29)26(34-38)35-5-6-36-15-28(30,31)10-19(36)12-35/h4,7,11,18-19H,1,5-6,8-10,12-15H2,2-3H3,(H,32,33)/t19-/m0/s1. The molecular formula is C28H32ClF2N7O. The van der Waals surface area contributed by atoms with Crippen LogP contribution in [0.15, 0.2) is 24.9 Å². The number of anilines is 1. The van der Waals surface area contributed by atoms with E-state index in [0.29, 0.717) is 24.7 Å². The monoisotopic (exact) mass is 555 g/mol. The van der Waals surface area contributed by atoms with Crippen molar-refractivity contribution in [3.05, 3.63) is 41.2 Å². The molecule has 2 aromatic heterocycles. The molecule has 1 atom stereocenters. The molecule has 0 unspecified atom stereocenters. The van der Waals surface area contributed by atoms with Gasteiger partial charge in [-0.05, 0) is 44.4 Å². The maximum Gasteiger partial charge on any atom is 0.262 e. The van der Waals surface area contributed by atoms with Crippen molar-refractivity contribution >= 4 is 34.2 Å². The van der Waals surface area contributed by atoms with Crippen LogP contribution in [0.3, 0.4) is 0 Å². The van der Waals surface area contributed by atoms with Crippen molar-refractivity contribution in [3.8, 4) is 11.1 Å². The highest BCUT2D eigenvalue weighted by molar-refractivity contribution is 6.36. The number of alkyl halides is 2. The van der Waals surface area contributed by atoms with Crippen molar-refractivity contribution in [1.29, 1.82) is 0 Å². The minimum absolute atomic E-state index is 0.0150.